The molecule has 0 radical (unpaired) electrons. The average Bonchev–Trinajstić information content (AvgIpc) is 2.48. The monoisotopic (exact) mass is 332 g/mol. The predicted octanol–water partition coefficient (Wildman–Crippen LogP) is 5.01. The van der Waals surface area contributed by atoms with Crippen molar-refractivity contribution in [3.63, 3.8) is 0 Å². The fourth-order valence-corrected chi connectivity index (χ4v) is 2.67. The molecule has 3 nitrogen and oxygen atoms in total. The number of anilines is 1. The van der Waals surface area contributed by atoms with Crippen LogP contribution in [0.15, 0.2) is 24.3 Å². The number of phenols is 1. The Labute approximate surface area is 149 Å². The number of hydrogen-bond donors (Lipinski definition) is 1. The third-order valence-electron chi connectivity index (χ3n) is 4.21. The molecule has 0 saturated heterocycles. The third-order valence-corrected chi connectivity index (χ3v) is 4.21. The molecule has 1 N–H and O–H groups in total. The molecule has 0 fully saturated rings. The van der Waals surface area contributed by atoms with Gasteiger partial charge in [0.05, 0.1) is 0 Å². The van der Waals surface area contributed by atoms with E-state index >= 15 is 0 Å². The summed E-state index contributed by atoms with van der Waals surface area (Å²) in [5, 5.41) is 10.5. The average molecular weight is 333 g/mol. The van der Waals surface area contributed by atoms with Gasteiger partial charge in [0.25, 0.3) is 0 Å². The van der Waals surface area contributed by atoms with E-state index in [4.69, 9.17) is 0 Å². The topological polar surface area (TPSA) is 26.7 Å². The van der Waals surface area contributed by atoms with E-state index in [1.54, 1.807) is 0 Å². The minimum atomic E-state index is 0.266. The van der Waals surface area contributed by atoms with Crippen molar-refractivity contribution in [2.45, 2.75) is 47.5 Å². The molecule has 1 aromatic carbocycles. The highest BCUT2D eigenvalue weighted by atomic mass is 16.3. The van der Waals surface area contributed by atoms with Crippen LogP contribution in [0.1, 0.15) is 53.0 Å². The minimum absolute atomic E-state index is 0.266. The van der Waals surface area contributed by atoms with E-state index < -0.39 is 0 Å². The molecule has 0 aliphatic carbocycles. The van der Waals surface area contributed by atoms with Gasteiger partial charge in [0.15, 0.2) is 0 Å². The van der Waals surface area contributed by atoms with Gasteiger partial charge in [-0.25, -0.2) is 0 Å². The molecular weight excluding hydrogens is 296 g/mol. The number of hydrogen-bond acceptors (Lipinski definition) is 3. The quantitative estimate of drug-likeness (QED) is 0.725. The molecule has 0 unspecified atom stereocenters. The number of rotatable bonds is 8. The van der Waals surface area contributed by atoms with Gasteiger partial charge in [-0.05, 0) is 70.5 Å². The van der Waals surface area contributed by atoms with E-state index in [2.05, 4.69) is 70.7 Å². The van der Waals surface area contributed by atoms with Crippen molar-refractivity contribution in [1.29, 1.82) is 0 Å². The van der Waals surface area contributed by atoms with Crippen molar-refractivity contribution >= 4 is 11.3 Å². The molecule has 0 atom stereocenters. The molecule has 0 heterocycles. The first-order valence-corrected chi connectivity index (χ1v) is 9.04. The second-order valence-electron chi connectivity index (χ2n) is 8.09. The van der Waals surface area contributed by atoms with Crippen molar-refractivity contribution in [2.24, 2.45) is 5.41 Å². The van der Waals surface area contributed by atoms with Crippen LogP contribution in [-0.4, -0.2) is 43.7 Å². The van der Waals surface area contributed by atoms with Gasteiger partial charge in [-0.3, -0.25) is 0 Å². The second-order valence-corrected chi connectivity index (χ2v) is 8.09. The largest absolute Gasteiger partial charge is 0.507 e. The van der Waals surface area contributed by atoms with Crippen LogP contribution in [0.2, 0.25) is 0 Å². The Morgan fingerprint density at radius 3 is 2.33 bits per heavy atom. The van der Waals surface area contributed by atoms with Crippen molar-refractivity contribution in [2.75, 3.05) is 38.6 Å². The molecule has 0 aliphatic rings. The van der Waals surface area contributed by atoms with Gasteiger partial charge in [-0.2, -0.15) is 0 Å². The van der Waals surface area contributed by atoms with Crippen LogP contribution in [0.25, 0.3) is 5.57 Å². The fraction of sp³-hybridized carbons (Fsp3) is 0.619. The number of benzene rings is 1. The highest BCUT2D eigenvalue weighted by Crippen LogP contribution is 2.31. The minimum Gasteiger partial charge on any atom is -0.507 e. The van der Waals surface area contributed by atoms with Crippen molar-refractivity contribution in [3.05, 3.63) is 29.8 Å². The Kier molecular flexibility index (Phi) is 7.82. The zero-order valence-electron chi connectivity index (χ0n) is 16.7. The third kappa shape index (κ3) is 6.96. The van der Waals surface area contributed by atoms with Crippen molar-refractivity contribution < 1.29 is 5.11 Å². The normalized spacial score (nSPS) is 12.8. The molecule has 0 amide bonds. The van der Waals surface area contributed by atoms with Crippen LogP contribution in [0.3, 0.4) is 0 Å². The molecule has 1 rings (SSSR count). The van der Waals surface area contributed by atoms with Gasteiger partial charge in [-0.15, -0.1) is 0 Å². The maximum Gasteiger partial charge on any atom is 0.125 e. The molecule has 0 aromatic heterocycles. The molecule has 1 aromatic rings. The number of phenolic OH excluding ortho intramolecular Hbond substituents is 1. The highest BCUT2D eigenvalue weighted by Gasteiger charge is 2.11. The van der Waals surface area contributed by atoms with Crippen LogP contribution < -0.4 is 4.90 Å². The van der Waals surface area contributed by atoms with Gasteiger partial charge in [0.2, 0.25) is 0 Å². The van der Waals surface area contributed by atoms with E-state index in [-0.39, 0.29) is 5.41 Å². The molecule has 0 spiro atoms. The number of allylic oxidation sites excluding steroid dienone is 2. The standard InChI is InChI=1S/C21H36N2O/c1-8-23(15-9-14-22(6)7)18-10-11-19(20(24)16-18)17(2)12-13-21(3,4)5/h10-12,16,24H,8-9,13-15H2,1-7H3/b17-12-. The van der Waals surface area contributed by atoms with Crippen LogP contribution in [0.5, 0.6) is 5.75 Å². The first kappa shape index (κ1) is 20.6. The maximum absolute atomic E-state index is 10.5. The van der Waals surface area contributed by atoms with Crippen LogP contribution in [0.4, 0.5) is 5.69 Å². The van der Waals surface area contributed by atoms with Crippen LogP contribution in [0, 0.1) is 5.41 Å². The SMILES string of the molecule is CCN(CCCN(C)C)c1ccc(/C(C)=C\CC(C)(C)C)c(O)c1. The summed E-state index contributed by atoms with van der Waals surface area (Å²) < 4.78 is 0. The summed E-state index contributed by atoms with van der Waals surface area (Å²) in [6, 6.07) is 6.08. The van der Waals surface area contributed by atoms with Gasteiger partial charge in [0.1, 0.15) is 5.75 Å². The van der Waals surface area contributed by atoms with Gasteiger partial charge >= 0.3 is 0 Å². The lowest BCUT2D eigenvalue weighted by molar-refractivity contribution is 0.400. The molecule has 0 saturated carbocycles. The van der Waals surface area contributed by atoms with Crippen molar-refractivity contribution in [3.8, 4) is 5.75 Å². The zero-order chi connectivity index (χ0) is 18.3. The number of nitrogens with zero attached hydrogens (tertiary/aromatic N) is 2. The van der Waals surface area contributed by atoms with Gasteiger partial charge in [-0.1, -0.05) is 26.8 Å². The molecule has 0 aliphatic heterocycles. The Morgan fingerprint density at radius 1 is 1.17 bits per heavy atom. The smallest absolute Gasteiger partial charge is 0.125 e. The fourth-order valence-electron chi connectivity index (χ4n) is 2.67. The lowest BCUT2D eigenvalue weighted by atomic mass is 9.90. The zero-order valence-corrected chi connectivity index (χ0v) is 16.7. The second kappa shape index (κ2) is 9.12. The summed E-state index contributed by atoms with van der Waals surface area (Å²) in [4.78, 5) is 4.53. The highest BCUT2D eigenvalue weighted by molar-refractivity contribution is 5.71. The summed E-state index contributed by atoms with van der Waals surface area (Å²) >= 11 is 0. The van der Waals surface area contributed by atoms with Crippen LogP contribution >= 0.6 is 0 Å². The maximum atomic E-state index is 10.5. The Hall–Kier alpha value is -1.48. The molecule has 136 valence electrons. The van der Waals surface area contributed by atoms with E-state index in [1.807, 2.05) is 12.1 Å². The van der Waals surface area contributed by atoms with E-state index in [0.29, 0.717) is 5.75 Å². The Balaban J connectivity index is 2.85. The summed E-state index contributed by atoms with van der Waals surface area (Å²) in [7, 11) is 4.20. The van der Waals surface area contributed by atoms with E-state index in [1.165, 1.54) is 0 Å². The van der Waals surface area contributed by atoms with E-state index in [0.717, 1.165) is 49.3 Å². The summed E-state index contributed by atoms with van der Waals surface area (Å²) in [6.45, 7) is 14.0. The molecular formula is C21H36N2O. The van der Waals surface area contributed by atoms with Crippen LogP contribution in [-0.2, 0) is 0 Å². The first-order chi connectivity index (χ1) is 11.1. The summed E-state index contributed by atoms with van der Waals surface area (Å²) in [5.74, 6) is 0.376. The lowest BCUT2D eigenvalue weighted by Crippen LogP contribution is -2.26. The lowest BCUT2D eigenvalue weighted by Gasteiger charge is -2.24. The van der Waals surface area contributed by atoms with Crippen molar-refractivity contribution in [1.82, 2.24) is 4.90 Å². The summed E-state index contributed by atoms with van der Waals surface area (Å²) in [6.07, 6.45) is 4.35. The first-order valence-electron chi connectivity index (χ1n) is 9.04. The Morgan fingerprint density at radius 2 is 1.83 bits per heavy atom. The van der Waals surface area contributed by atoms with Gasteiger partial charge in [0, 0.05) is 30.4 Å². The number of aromatic hydroxyl groups is 1. The Bertz CT molecular complexity index is 541. The molecule has 0 bridgehead atoms. The predicted molar refractivity (Wildman–Crippen MR) is 107 cm³/mol. The molecule has 3 heteroatoms. The van der Waals surface area contributed by atoms with E-state index in [9.17, 15) is 5.11 Å². The van der Waals surface area contributed by atoms with Gasteiger partial charge < -0.3 is 14.9 Å². The summed E-state index contributed by atoms with van der Waals surface area (Å²) in [5.41, 5.74) is 3.44. The molecule has 24 heavy (non-hydrogen) atoms.